The normalized spacial score (nSPS) is 12.6. The molecule has 2 aromatic carbocycles. The van der Waals surface area contributed by atoms with Gasteiger partial charge in [-0.3, -0.25) is 14.7 Å². The van der Waals surface area contributed by atoms with E-state index in [1.807, 2.05) is 36.4 Å². The van der Waals surface area contributed by atoms with Crippen molar-refractivity contribution in [1.29, 1.82) is 0 Å². The van der Waals surface area contributed by atoms with Crippen LogP contribution in [-0.2, 0) is 15.8 Å². The van der Waals surface area contributed by atoms with Crippen molar-refractivity contribution in [2.24, 2.45) is 0 Å². The highest BCUT2D eigenvalue weighted by Gasteiger charge is 2.22. The van der Waals surface area contributed by atoms with Crippen LogP contribution in [0.3, 0.4) is 0 Å². The number of methoxy groups -OCH3 is 1. The standard InChI is InChI=1S/C17H20NO6P/c1-24-15-4-2-3-14(10-15)13-7-5-12(6-8-13)9-16(17(19)20)18-11-25(21,22)23/h2-8,10,16,18H,9,11H2,1H3,(H,19,20)(H2,21,22,23)/t16-/m0/s1. The molecular formula is C17H20NO6P. The quantitative estimate of drug-likeness (QED) is 0.529. The highest BCUT2D eigenvalue weighted by molar-refractivity contribution is 7.51. The fourth-order valence-corrected chi connectivity index (χ4v) is 2.81. The minimum atomic E-state index is -4.31. The predicted molar refractivity (Wildman–Crippen MR) is 93.6 cm³/mol. The average molecular weight is 365 g/mol. The molecule has 0 fully saturated rings. The van der Waals surface area contributed by atoms with Crippen LogP contribution in [0.1, 0.15) is 5.56 Å². The molecule has 0 heterocycles. The van der Waals surface area contributed by atoms with Gasteiger partial charge in [-0.15, -0.1) is 0 Å². The van der Waals surface area contributed by atoms with E-state index >= 15 is 0 Å². The smallest absolute Gasteiger partial charge is 0.339 e. The van der Waals surface area contributed by atoms with Gasteiger partial charge in [-0.25, -0.2) is 0 Å². The van der Waals surface area contributed by atoms with Gasteiger partial charge in [0, 0.05) is 0 Å². The van der Waals surface area contributed by atoms with Crippen LogP contribution >= 0.6 is 7.60 Å². The minimum Gasteiger partial charge on any atom is -0.497 e. The van der Waals surface area contributed by atoms with Crippen molar-refractivity contribution in [3.63, 3.8) is 0 Å². The lowest BCUT2D eigenvalue weighted by Gasteiger charge is -2.15. The van der Waals surface area contributed by atoms with E-state index in [2.05, 4.69) is 5.32 Å². The zero-order valence-electron chi connectivity index (χ0n) is 13.6. The monoisotopic (exact) mass is 365 g/mol. The number of hydrogen-bond donors (Lipinski definition) is 4. The van der Waals surface area contributed by atoms with E-state index < -0.39 is 25.9 Å². The summed E-state index contributed by atoms with van der Waals surface area (Å²) < 4.78 is 16.1. The third kappa shape index (κ3) is 5.99. The molecule has 0 unspecified atom stereocenters. The van der Waals surface area contributed by atoms with Gasteiger partial charge in [-0.1, -0.05) is 36.4 Å². The summed E-state index contributed by atoms with van der Waals surface area (Å²) in [6, 6.07) is 13.8. The van der Waals surface area contributed by atoms with E-state index in [4.69, 9.17) is 14.5 Å². The number of benzene rings is 2. The van der Waals surface area contributed by atoms with Gasteiger partial charge in [0.05, 0.1) is 13.4 Å². The number of carbonyl (C=O) groups is 1. The first-order valence-electron chi connectivity index (χ1n) is 7.52. The summed E-state index contributed by atoms with van der Waals surface area (Å²) >= 11 is 0. The van der Waals surface area contributed by atoms with E-state index in [1.165, 1.54) is 0 Å². The highest BCUT2D eigenvalue weighted by Crippen LogP contribution is 2.32. The van der Waals surface area contributed by atoms with Crippen LogP contribution in [0.2, 0.25) is 0 Å². The summed E-state index contributed by atoms with van der Waals surface area (Å²) in [5.74, 6) is -0.417. The number of nitrogens with one attached hydrogen (secondary N) is 1. The van der Waals surface area contributed by atoms with Crippen LogP contribution < -0.4 is 10.1 Å². The highest BCUT2D eigenvalue weighted by atomic mass is 31.2. The van der Waals surface area contributed by atoms with Crippen LogP contribution in [0.15, 0.2) is 48.5 Å². The summed E-state index contributed by atoms with van der Waals surface area (Å²) in [6.45, 7) is 0. The maximum absolute atomic E-state index is 11.3. The summed E-state index contributed by atoms with van der Waals surface area (Å²) in [4.78, 5) is 29.0. The summed E-state index contributed by atoms with van der Waals surface area (Å²) in [7, 11) is -2.71. The van der Waals surface area contributed by atoms with Crippen LogP contribution in [-0.4, -0.2) is 40.3 Å². The molecule has 134 valence electrons. The topological polar surface area (TPSA) is 116 Å². The van der Waals surface area contributed by atoms with Gasteiger partial charge in [0.25, 0.3) is 0 Å². The van der Waals surface area contributed by atoms with Crippen LogP contribution in [0, 0.1) is 0 Å². The van der Waals surface area contributed by atoms with Crippen LogP contribution in [0.4, 0.5) is 0 Å². The molecule has 25 heavy (non-hydrogen) atoms. The zero-order chi connectivity index (χ0) is 18.4. The van der Waals surface area contributed by atoms with Crippen molar-refractivity contribution < 1.29 is 29.0 Å². The lowest BCUT2D eigenvalue weighted by atomic mass is 10.0. The second-order valence-corrected chi connectivity index (χ2v) is 7.20. The number of hydrogen-bond acceptors (Lipinski definition) is 4. The number of carboxylic acids is 1. The Kier molecular flexibility index (Phi) is 6.33. The molecule has 0 saturated carbocycles. The number of rotatable bonds is 8. The zero-order valence-corrected chi connectivity index (χ0v) is 14.5. The molecule has 0 amide bonds. The first-order chi connectivity index (χ1) is 11.8. The maximum atomic E-state index is 11.3. The Morgan fingerprint density at radius 3 is 2.40 bits per heavy atom. The molecule has 0 aromatic heterocycles. The van der Waals surface area contributed by atoms with Gasteiger partial charge < -0.3 is 19.6 Å². The summed E-state index contributed by atoms with van der Waals surface area (Å²) in [5, 5.41) is 11.6. The Bertz CT molecular complexity index is 771. The van der Waals surface area contributed by atoms with Crippen molar-refractivity contribution >= 4 is 13.6 Å². The van der Waals surface area contributed by atoms with Crippen molar-refractivity contribution in [3.05, 3.63) is 54.1 Å². The Balaban J connectivity index is 2.09. The Morgan fingerprint density at radius 1 is 1.16 bits per heavy atom. The van der Waals surface area contributed by atoms with Gasteiger partial charge in [-0.05, 0) is 35.2 Å². The molecule has 0 aliphatic carbocycles. The van der Waals surface area contributed by atoms with Gasteiger partial charge in [0.1, 0.15) is 11.8 Å². The van der Waals surface area contributed by atoms with E-state index in [-0.39, 0.29) is 6.42 Å². The first-order valence-corrected chi connectivity index (χ1v) is 9.32. The van der Waals surface area contributed by atoms with Crippen molar-refractivity contribution in [1.82, 2.24) is 5.32 Å². The fourth-order valence-electron chi connectivity index (χ4n) is 2.35. The molecule has 2 aromatic rings. The number of ether oxygens (including phenoxy) is 1. The molecule has 1 atom stereocenters. The molecule has 0 aliphatic rings. The fraction of sp³-hybridized carbons (Fsp3) is 0.235. The van der Waals surface area contributed by atoms with Gasteiger partial charge in [0.2, 0.25) is 0 Å². The lowest BCUT2D eigenvalue weighted by Crippen LogP contribution is -2.39. The molecular weight excluding hydrogens is 345 g/mol. The molecule has 8 heteroatoms. The largest absolute Gasteiger partial charge is 0.497 e. The molecule has 0 saturated heterocycles. The third-order valence-corrected chi connectivity index (χ3v) is 4.23. The Hall–Kier alpha value is -2.18. The van der Waals surface area contributed by atoms with Crippen LogP contribution in [0.5, 0.6) is 5.75 Å². The van der Waals surface area contributed by atoms with E-state index in [0.717, 1.165) is 22.4 Å². The lowest BCUT2D eigenvalue weighted by molar-refractivity contribution is -0.139. The summed E-state index contributed by atoms with van der Waals surface area (Å²) in [6.07, 6.45) is -0.556. The summed E-state index contributed by atoms with van der Waals surface area (Å²) in [5.41, 5.74) is 2.68. The molecule has 0 spiro atoms. The third-order valence-electron chi connectivity index (χ3n) is 3.64. The molecule has 0 bridgehead atoms. The molecule has 2 rings (SSSR count). The van der Waals surface area contributed by atoms with Crippen molar-refractivity contribution in [2.75, 3.05) is 13.4 Å². The minimum absolute atomic E-state index is 0.119. The number of carboxylic acid groups (broad SMARTS) is 1. The van der Waals surface area contributed by atoms with E-state index in [1.54, 1.807) is 19.2 Å². The molecule has 7 nitrogen and oxygen atoms in total. The second-order valence-electron chi connectivity index (χ2n) is 5.55. The SMILES string of the molecule is COc1cccc(-c2ccc(C[C@H](NCP(=O)(O)O)C(=O)O)cc2)c1. The van der Waals surface area contributed by atoms with Crippen molar-refractivity contribution in [3.8, 4) is 16.9 Å². The van der Waals surface area contributed by atoms with Gasteiger partial charge >= 0.3 is 13.6 Å². The second kappa shape index (κ2) is 8.27. The average Bonchev–Trinajstić information content (AvgIpc) is 2.58. The van der Waals surface area contributed by atoms with E-state index in [0.29, 0.717) is 0 Å². The maximum Gasteiger partial charge on any atom is 0.339 e. The molecule has 0 aliphatic heterocycles. The Labute approximate surface area is 145 Å². The van der Waals surface area contributed by atoms with Gasteiger partial charge in [-0.2, -0.15) is 0 Å². The van der Waals surface area contributed by atoms with Crippen LogP contribution in [0.25, 0.3) is 11.1 Å². The van der Waals surface area contributed by atoms with Crippen molar-refractivity contribution in [2.45, 2.75) is 12.5 Å². The van der Waals surface area contributed by atoms with Gasteiger partial charge in [0.15, 0.2) is 0 Å². The van der Waals surface area contributed by atoms with E-state index in [9.17, 15) is 14.5 Å². The number of aliphatic carboxylic acids is 1. The molecule has 4 N–H and O–H groups in total. The Morgan fingerprint density at radius 2 is 1.84 bits per heavy atom. The first kappa shape index (κ1) is 19.1. The molecule has 0 radical (unpaired) electrons. The predicted octanol–water partition coefficient (Wildman–Crippen LogP) is 2.08.